The van der Waals surface area contributed by atoms with E-state index in [1.54, 1.807) is 0 Å². The van der Waals surface area contributed by atoms with E-state index in [2.05, 4.69) is 15.5 Å². The van der Waals surface area contributed by atoms with E-state index < -0.39 is 0 Å². The van der Waals surface area contributed by atoms with E-state index in [-0.39, 0.29) is 16.7 Å². The van der Waals surface area contributed by atoms with Crippen molar-refractivity contribution in [2.45, 2.75) is 13.8 Å². The highest BCUT2D eigenvalue weighted by atomic mass is 35.5. The molecule has 94 valence electrons. The van der Waals surface area contributed by atoms with Crippen LogP contribution in [0.25, 0.3) is 0 Å². The third-order valence-corrected chi connectivity index (χ3v) is 3.00. The average molecular weight is 266 g/mol. The Morgan fingerprint density at radius 2 is 2.17 bits per heavy atom. The van der Waals surface area contributed by atoms with Crippen LogP contribution in [0, 0.1) is 13.8 Å². The number of nitrogens with one attached hydrogen (secondary N) is 2. The fraction of sp³-hybridized carbons (Fsp3) is 0.167. The molecule has 0 aliphatic heterocycles. The number of carbonyl (C=O) groups excluding carboxylic acids is 1. The topological polar surface area (TPSA) is 78.0 Å². The number of phenolic OH excluding ortho intramolecular Hbond substituents is 1. The summed E-state index contributed by atoms with van der Waals surface area (Å²) in [4.78, 5) is 11.9. The Bertz CT molecular complexity index is 607. The minimum atomic E-state index is -0.327. The number of H-pyrrole nitrogens is 1. The van der Waals surface area contributed by atoms with Gasteiger partial charge in [0.25, 0.3) is 5.91 Å². The van der Waals surface area contributed by atoms with Crippen LogP contribution in [0.1, 0.15) is 21.6 Å². The molecule has 5 nitrogen and oxygen atoms in total. The molecule has 6 heteroatoms. The van der Waals surface area contributed by atoms with Crippen LogP contribution in [0.3, 0.4) is 0 Å². The van der Waals surface area contributed by atoms with Crippen LogP contribution in [0.2, 0.25) is 5.02 Å². The first-order chi connectivity index (χ1) is 8.49. The van der Waals surface area contributed by atoms with Gasteiger partial charge in [-0.1, -0.05) is 11.6 Å². The molecule has 2 aromatic rings. The van der Waals surface area contributed by atoms with E-state index in [9.17, 15) is 9.90 Å². The number of benzene rings is 1. The van der Waals surface area contributed by atoms with E-state index in [0.717, 1.165) is 11.3 Å². The monoisotopic (exact) mass is 265 g/mol. The second-order valence-corrected chi connectivity index (χ2v) is 4.35. The number of aryl methyl sites for hydroxylation is 1. The third kappa shape index (κ3) is 2.31. The molecule has 1 aromatic heterocycles. The Morgan fingerprint density at radius 1 is 1.44 bits per heavy atom. The molecule has 0 fully saturated rings. The van der Waals surface area contributed by atoms with Crippen molar-refractivity contribution in [3.63, 3.8) is 0 Å². The van der Waals surface area contributed by atoms with Gasteiger partial charge in [-0.3, -0.25) is 9.89 Å². The van der Waals surface area contributed by atoms with Gasteiger partial charge in [0, 0.05) is 16.8 Å². The van der Waals surface area contributed by atoms with Gasteiger partial charge in [-0.15, -0.1) is 0 Å². The molecule has 0 radical (unpaired) electrons. The summed E-state index contributed by atoms with van der Waals surface area (Å²) in [5, 5.41) is 18.9. The number of anilines is 1. The van der Waals surface area contributed by atoms with Crippen LogP contribution >= 0.6 is 11.6 Å². The van der Waals surface area contributed by atoms with Crippen molar-refractivity contribution >= 4 is 23.3 Å². The maximum atomic E-state index is 11.9. The zero-order valence-corrected chi connectivity index (χ0v) is 10.7. The number of carbonyl (C=O) groups is 1. The maximum Gasteiger partial charge on any atom is 0.256 e. The second-order valence-electron chi connectivity index (χ2n) is 3.94. The number of hydrogen-bond donors (Lipinski definition) is 3. The molecule has 0 atom stereocenters. The van der Waals surface area contributed by atoms with E-state index in [4.69, 9.17) is 11.6 Å². The van der Waals surface area contributed by atoms with Gasteiger partial charge in [0.1, 0.15) is 5.75 Å². The summed E-state index contributed by atoms with van der Waals surface area (Å²) in [6.45, 7) is 3.73. The minimum absolute atomic E-state index is 0.0555. The summed E-state index contributed by atoms with van der Waals surface area (Å²) in [6.07, 6.45) is 0. The average Bonchev–Trinajstić information content (AvgIpc) is 2.64. The van der Waals surface area contributed by atoms with Crippen LogP contribution in [0.4, 0.5) is 5.82 Å². The molecule has 1 amide bonds. The van der Waals surface area contributed by atoms with Crippen LogP contribution in [0.5, 0.6) is 5.75 Å². The lowest BCUT2D eigenvalue weighted by Gasteiger charge is -2.04. The van der Waals surface area contributed by atoms with Gasteiger partial charge in [0.05, 0.1) is 5.02 Å². The quantitative estimate of drug-likeness (QED) is 0.781. The number of halogens is 1. The smallest absolute Gasteiger partial charge is 0.256 e. The first-order valence-corrected chi connectivity index (χ1v) is 5.68. The van der Waals surface area contributed by atoms with Crippen molar-refractivity contribution in [1.29, 1.82) is 0 Å². The highest BCUT2D eigenvalue weighted by molar-refractivity contribution is 6.32. The molecule has 0 aliphatic carbocycles. The number of amides is 1. The van der Waals surface area contributed by atoms with Crippen molar-refractivity contribution in [2.24, 2.45) is 0 Å². The molecule has 1 heterocycles. The fourth-order valence-electron chi connectivity index (χ4n) is 1.43. The molecule has 1 aromatic carbocycles. The van der Waals surface area contributed by atoms with Gasteiger partial charge in [0.2, 0.25) is 0 Å². The number of aromatic hydroxyl groups is 1. The first-order valence-electron chi connectivity index (χ1n) is 5.30. The summed E-state index contributed by atoms with van der Waals surface area (Å²) in [5.74, 6) is 0.105. The number of phenols is 1. The van der Waals surface area contributed by atoms with Crippen molar-refractivity contribution in [3.05, 3.63) is 40.0 Å². The van der Waals surface area contributed by atoms with Crippen LogP contribution in [-0.4, -0.2) is 21.2 Å². The van der Waals surface area contributed by atoms with Gasteiger partial charge in [0.15, 0.2) is 5.82 Å². The highest BCUT2D eigenvalue weighted by Gasteiger charge is 2.12. The predicted molar refractivity (Wildman–Crippen MR) is 69.1 cm³/mol. The van der Waals surface area contributed by atoms with Gasteiger partial charge in [-0.2, -0.15) is 5.10 Å². The Hall–Kier alpha value is -2.01. The van der Waals surface area contributed by atoms with E-state index in [1.165, 1.54) is 18.2 Å². The standard InChI is InChI=1S/C12H12ClN3O2/c1-6-7(2)15-16-11(6)14-12(18)8-3-4-10(17)9(13)5-8/h3-5,17H,1-2H3,(H2,14,15,16,18). The van der Waals surface area contributed by atoms with E-state index in [0.29, 0.717) is 11.4 Å². The van der Waals surface area contributed by atoms with Crippen molar-refractivity contribution in [1.82, 2.24) is 10.2 Å². The second kappa shape index (κ2) is 4.70. The lowest BCUT2D eigenvalue weighted by atomic mass is 10.2. The van der Waals surface area contributed by atoms with Crippen LogP contribution < -0.4 is 5.32 Å². The molecule has 0 unspecified atom stereocenters. The lowest BCUT2D eigenvalue weighted by molar-refractivity contribution is 0.102. The summed E-state index contributed by atoms with van der Waals surface area (Å²) in [6, 6.07) is 4.27. The molecular weight excluding hydrogens is 254 g/mol. The van der Waals surface area contributed by atoms with Crippen molar-refractivity contribution < 1.29 is 9.90 Å². The summed E-state index contributed by atoms with van der Waals surface area (Å²) in [5.41, 5.74) is 2.14. The number of nitrogens with zero attached hydrogens (tertiary/aromatic N) is 1. The van der Waals surface area contributed by atoms with E-state index in [1.807, 2.05) is 13.8 Å². The maximum absolute atomic E-state index is 11.9. The Balaban J connectivity index is 2.22. The van der Waals surface area contributed by atoms with Crippen LogP contribution in [0.15, 0.2) is 18.2 Å². The molecule has 18 heavy (non-hydrogen) atoms. The zero-order chi connectivity index (χ0) is 13.3. The predicted octanol–water partition coefficient (Wildman–Crippen LogP) is 2.64. The number of rotatable bonds is 2. The Labute approximate surface area is 109 Å². The van der Waals surface area contributed by atoms with E-state index >= 15 is 0 Å². The van der Waals surface area contributed by atoms with Gasteiger partial charge < -0.3 is 10.4 Å². The number of hydrogen-bond acceptors (Lipinski definition) is 3. The molecule has 3 N–H and O–H groups in total. The summed E-state index contributed by atoms with van der Waals surface area (Å²) < 4.78 is 0. The molecule has 0 saturated carbocycles. The fourth-order valence-corrected chi connectivity index (χ4v) is 1.62. The largest absolute Gasteiger partial charge is 0.506 e. The summed E-state index contributed by atoms with van der Waals surface area (Å²) >= 11 is 5.74. The third-order valence-electron chi connectivity index (χ3n) is 2.69. The molecule has 0 spiro atoms. The molecule has 0 saturated heterocycles. The van der Waals surface area contributed by atoms with Crippen molar-refractivity contribution in [2.75, 3.05) is 5.32 Å². The molecular formula is C12H12ClN3O2. The zero-order valence-electron chi connectivity index (χ0n) is 9.91. The Kier molecular flexibility index (Phi) is 3.25. The summed E-state index contributed by atoms with van der Waals surface area (Å²) in [7, 11) is 0. The normalized spacial score (nSPS) is 10.4. The molecule has 0 bridgehead atoms. The molecule has 2 rings (SSSR count). The first kappa shape index (κ1) is 12.4. The van der Waals surface area contributed by atoms with Gasteiger partial charge in [-0.25, -0.2) is 0 Å². The van der Waals surface area contributed by atoms with Crippen LogP contribution in [-0.2, 0) is 0 Å². The van der Waals surface area contributed by atoms with Crippen molar-refractivity contribution in [3.8, 4) is 5.75 Å². The lowest BCUT2D eigenvalue weighted by Crippen LogP contribution is -2.12. The number of aromatic amines is 1. The SMILES string of the molecule is Cc1[nH]nc(NC(=O)c2ccc(O)c(Cl)c2)c1C. The highest BCUT2D eigenvalue weighted by Crippen LogP contribution is 2.24. The van der Waals surface area contributed by atoms with Gasteiger partial charge >= 0.3 is 0 Å². The van der Waals surface area contributed by atoms with Gasteiger partial charge in [-0.05, 0) is 32.0 Å². The Morgan fingerprint density at radius 3 is 2.72 bits per heavy atom. The molecule has 0 aliphatic rings. The number of aromatic nitrogens is 2. The minimum Gasteiger partial charge on any atom is -0.506 e.